The fraction of sp³-hybridized carbons (Fsp3) is 0.409. The van der Waals surface area contributed by atoms with E-state index in [4.69, 9.17) is 24.5 Å². The summed E-state index contributed by atoms with van der Waals surface area (Å²) < 4.78 is 12.6. The summed E-state index contributed by atoms with van der Waals surface area (Å²) in [6.45, 7) is 8.96. The molecule has 1 N–H and O–H groups in total. The second kappa shape index (κ2) is 6.39. The van der Waals surface area contributed by atoms with Crippen LogP contribution in [0.5, 0.6) is 11.5 Å². The molecular formula is C22H25N5O2S. The van der Waals surface area contributed by atoms with Gasteiger partial charge in [-0.1, -0.05) is 0 Å². The maximum Gasteiger partial charge on any atom is 0.182 e. The standard InChI is InChI=1S/C22H25N5O2S/c1-21(2)10-13-16-19-24-18(12-7-8-14(28-5)15(9-12)29-6)25-27(19)11-23-20(16)30-17(13)22(3,4)26-21/h7-9,11,26H,10H2,1-6H3. The van der Waals surface area contributed by atoms with Gasteiger partial charge in [-0.25, -0.2) is 14.5 Å². The molecule has 8 heteroatoms. The molecular weight excluding hydrogens is 398 g/mol. The highest BCUT2D eigenvalue weighted by Crippen LogP contribution is 2.44. The predicted molar refractivity (Wildman–Crippen MR) is 119 cm³/mol. The lowest BCUT2D eigenvalue weighted by atomic mass is 9.82. The molecule has 0 atom stereocenters. The average molecular weight is 424 g/mol. The van der Waals surface area contributed by atoms with Gasteiger partial charge < -0.3 is 14.8 Å². The summed E-state index contributed by atoms with van der Waals surface area (Å²) in [6, 6.07) is 5.72. The van der Waals surface area contributed by atoms with Crippen LogP contribution in [0.15, 0.2) is 24.5 Å². The van der Waals surface area contributed by atoms with Gasteiger partial charge in [0.1, 0.15) is 11.2 Å². The van der Waals surface area contributed by atoms with Crippen LogP contribution in [0.2, 0.25) is 0 Å². The first-order valence-corrected chi connectivity index (χ1v) is 10.7. The van der Waals surface area contributed by atoms with Gasteiger partial charge in [-0.05, 0) is 57.9 Å². The Morgan fingerprint density at radius 1 is 1.10 bits per heavy atom. The van der Waals surface area contributed by atoms with Gasteiger partial charge >= 0.3 is 0 Å². The lowest BCUT2D eigenvalue weighted by molar-refractivity contribution is 0.248. The summed E-state index contributed by atoms with van der Waals surface area (Å²) in [4.78, 5) is 12.0. The molecule has 1 aliphatic rings. The molecule has 1 aromatic carbocycles. The number of ether oxygens (including phenoxy) is 2. The number of nitrogens with one attached hydrogen (secondary N) is 1. The van der Waals surface area contributed by atoms with Crippen molar-refractivity contribution in [2.45, 2.75) is 45.2 Å². The number of hydrogen-bond donors (Lipinski definition) is 1. The van der Waals surface area contributed by atoms with Crippen molar-refractivity contribution in [2.75, 3.05) is 14.2 Å². The van der Waals surface area contributed by atoms with Crippen molar-refractivity contribution in [3.63, 3.8) is 0 Å². The minimum absolute atomic E-state index is 0.0104. The largest absolute Gasteiger partial charge is 0.493 e. The zero-order valence-electron chi connectivity index (χ0n) is 18.0. The Labute approximate surface area is 179 Å². The van der Waals surface area contributed by atoms with E-state index in [1.54, 1.807) is 36.4 Å². The number of rotatable bonds is 3. The second-order valence-electron chi connectivity index (χ2n) is 8.92. The maximum absolute atomic E-state index is 5.45. The summed E-state index contributed by atoms with van der Waals surface area (Å²) in [5, 5.41) is 9.58. The van der Waals surface area contributed by atoms with Crippen molar-refractivity contribution in [3.05, 3.63) is 35.0 Å². The molecule has 0 saturated carbocycles. The van der Waals surface area contributed by atoms with Gasteiger partial charge in [-0.3, -0.25) is 0 Å². The molecule has 0 unspecified atom stereocenters. The number of benzene rings is 1. The van der Waals surface area contributed by atoms with Crippen LogP contribution in [-0.2, 0) is 12.0 Å². The predicted octanol–water partition coefficient (Wildman–Crippen LogP) is 4.18. The monoisotopic (exact) mass is 423 g/mol. The molecule has 0 aliphatic carbocycles. The summed E-state index contributed by atoms with van der Waals surface area (Å²) in [7, 11) is 3.25. The van der Waals surface area contributed by atoms with Crippen LogP contribution in [0.1, 0.15) is 38.1 Å². The van der Waals surface area contributed by atoms with Crippen LogP contribution in [0.4, 0.5) is 0 Å². The molecule has 0 fully saturated rings. The van der Waals surface area contributed by atoms with E-state index in [1.165, 1.54) is 10.4 Å². The second-order valence-corrected chi connectivity index (χ2v) is 9.92. The van der Waals surface area contributed by atoms with E-state index >= 15 is 0 Å². The van der Waals surface area contributed by atoms with Gasteiger partial charge in [0.25, 0.3) is 0 Å². The Morgan fingerprint density at radius 3 is 2.60 bits per heavy atom. The van der Waals surface area contributed by atoms with Crippen molar-refractivity contribution < 1.29 is 9.47 Å². The minimum Gasteiger partial charge on any atom is -0.493 e. The van der Waals surface area contributed by atoms with E-state index in [0.717, 1.165) is 27.8 Å². The van der Waals surface area contributed by atoms with E-state index in [1.807, 2.05) is 18.2 Å². The number of methoxy groups -OCH3 is 2. The van der Waals surface area contributed by atoms with E-state index in [-0.39, 0.29) is 11.1 Å². The van der Waals surface area contributed by atoms with Crippen LogP contribution < -0.4 is 14.8 Å². The molecule has 156 valence electrons. The van der Waals surface area contributed by atoms with Crippen LogP contribution in [0.25, 0.3) is 27.3 Å². The van der Waals surface area contributed by atoms with Gasteiger partial charge in [0, 0.05) is 21.5 Å². The number of hydrogen-bond acceptors (Lipinski definition) is 7. The molecule has 4 heterocycles. The molecule has 1 aliphatic heterocycles. The van der Waals surface area contributed by atoms with Gasteiger partial charge in [0.2, 0.25) is 0 Å². The van der Waals surface area contributed by atoms with Crippen LogP contribution in [0.3, 0.4) is 0 Å². The first-order valence-electron chi connectivity index (χ1n) is 9.91. The summed E-state index contributed by atoms with van der Waals surface area (Å²) >= 11 is 1.75. The third-order valence-electron chi connectivity index (χ3n) is 5.61. The molecule has 30 heavy (non-hydrogen) atoms. The maximum atomic E-state index is 5.45. The lowest BCUT2D eigenvalue weighted by Gasteiger charge is -2.42. The molecule has 3 aromatic heterocycles. The average Bonchev–Trinajstić information content (AvgIpc) is 3.27. The highest BCUT2D eigenvalue weighted by Gasteiger charge is 2.39. The normalized spacial score (nSPS) is 17.3. The smallest absolute Gasteiger partial charge is 0.182 e. The fourth-order valence-corrected chi connectivity index (χ4v) is 5.83. The van der Waals surface area contributed by atoms with Crippen LogP contribution in [0, 0.1) is 0 Å². The summed E-state index contributed by atoms with van der Waals surface area (Å²) in [6.07, 6.45) is 2.67. The molecule has 7 nitrogen and oxygen atoms in total. The zero-order valence-corrected chi connectivity index (χ0v) is 18.8. The minimum atomic E-state index is -0.119. The topological polar surface area (TPSA) is 73.6 Å². The zero-order chi connectivity index (χ0) is 21.3. The Bertz CT molecular complexity index is 1290. The van der Waals surface area contributed by atoms with Crippen molar-refractivity contribution >= 4 is 27.2 Å². The third-order valence-corrected chi connectivity index (χ3v) is 7.07. The van der Waals surface area contributed by atoms with Gasteiger partial charge in [0.05, 0.1) is 19.6 Å². The first kappa shape index (κ1) is 19.3. The number of nitrogens with zero attached hydrogens (tertiary/aromatic N) is 4. The number of aromatic nitrogens is 4. The van der Waals surface area contributed by atoms with E-state index in [9.17, 15) is 0 Å². The Kier molecular flexibility index (Phi) is 4.10. The molecule has 0 saturated heterocycles. The first-order chi connectivity index (χ1) is 14.2. The molecule has 0 bridgehead atoms. The highest BCUT2D eigenvalue weighted by atomic mass is 32.1. The van der Waals surface area contributed by atoms with Crippen LogP contribution in [-0.4, -0.2) is 39.3 Å². The number of fused-ring (bicyclic) bond motifs is 5. The molecule has 0 radical (unpaired) electrons. The third kappa shape index (κ3) is 2.86. The number of thiophene rings is 1. The summed E-state index contributed by atoms with van der Waals surface area (Å²) in [5.41, 5.74) is 2.91. The van der Waals surface area contributed by atoms with Gasteiger partial charge in [-0.15, -0.1) is 16.4 Å². The summed E-state index contributed by atoms with van der Waals surface area (Å²) in [5.74, 6) is 1.97. The van der Waals surface area contributed by atoms with E-state index in [0.29, 0.717) is 17.3 Å². The van der Waals surface area contributed by atoms with Crippen molar-refractivity contribution in [1.29, 1.82) is 0 Å². The lowest BCUT2D eigenvalue weighted by Crippen LogP contribution is -2.54. The van der Waals surface area contributed by atoms with Crippen molar-refractivity contribution in [2.24, 2.45) is 0 Å². The van der Waals surface area contributed by atoms with E-state index in [2.05, 4.69) is 33.0 Å². The SMILES string of the molecule is COc1ccc(-c2nc3c4c5c(sc4ncn3n2)C(C)(C)NC(C)(C)C5)cc1OC. The van der Waals surface area contributed by atoms with Crippen LogP contribution >= 0.6 is 11.3 Å². The van der Waals surface area contributed by atoms with Crippen molar-refractivity contribution in [1.82, 2.24) is 24.9 Å². The Hall–Kier alpha value is -2.71. The highest BCUT2D eigenvalue weighted by molar-refractivity contribution is 7.19. The molecule has 5 rings (SSSR count). The van der Waals surface area contributed by atoms with Gasteiger partial charge in [-0.2, -0.15) is 0 Å². The molecule has 0 amide bonds. The van der Waals surface area contributed by atoms with Crippen molar-refractivity contribution in [3.8, 4) is 22.9 Å². The quantitative estimate of drug-likeness (QED) is 0.533. The van der Waals surface area contributed by atoms with E-state index < -0.39 is 0 Å². The Balaban J connectivity index is 1.73. The van der Waals surface area contributed by atoms with Gasteiger partial charge in [0.15, 0.2) is 23.0 Å². The Morgan fingerprint density at radius 2 is 1.87 bits per heavy atom. The molecule has 4 aromatic rings. The fourth-order valence-electron chi connectivity index (χ4n) is 4.61. The molecule has 0 spiro atoms.